The molecule has 3 aromatic rings. The first-order chi connectivity index (χ1) is 15.5. The van der Waals surface area contributed by atoms with E-state index in [1.54, 1.807) is 0 Å². The molecule has 2 atom stereocenters. The fourth-order valence-electron chi connectivity index (χ4n) is 5.71. The van der Waals surface area contributed by atoms with Gasteiger partial charge in [0.1, 0.15) is 11.3 Å². The predicted molar refractivity (Wildman–Crippen MR) is 131 cm³/mol. The summed E-state index contributed by atoms with van der Waals surface area (Å²) in [5, 5.41) is 0. The normalized spacial score (nSPS) is 23.3. The molecule has 2 aliphatic heterocycles. The van der Waals surface area contributed by atoms with Crippen LogP contribution in [-0.4, -0.2) is 65.0 Å². The summed E-state index contributed by atoms with van der Waals surface area (Å²) in [6.07, 6.45) is 7.80. The highest BCUT2D eigenvalue weighted by Gasteiger charge is 2.33. The smallest absolute Gasteiger partial charge is 0.124 e. The molecule has 32 heavy (non-hydrogen) atoms. The largest absolute Gasteiger partial charge is 0.370 e. The van der Waals surface area contributed by atoms with Gasteiger partial charge in [-0.1, -0.05) is 12.1 Å². The second-order valence-electron chi connectivity index (χ2n) is 9.81. The van der Waals surface area contributed by atoms with Gasteiger partial charge in [0.15, 0.2) is 0 Å². The van der Waals surface area contributed by atoms with Crippen LogP contribution in [0.15, 0.2) is 36.5 Å². The molecule has 5 rings (SSSR count). The van der Waals surface area contributed by atoms with Crippen molar-refractivity contribution in [1.82, 2.24) is 24.8 Å². The van der Waals surface area contributed by atoms with E-state index in [1.165, 1.54) is 36.2 Å². The third-order valence-electron chi connectivity index (χ3n) is 7.66. The van der Waals surface area contributed by atoms with Crippen molar-refractivity contribution in [2.75, 3.05) is 39.1 Å². The summed E-state index contributed by atoms with van der Waals surface area (Å²) < 4.78 is 0. The number of aromatic nitrogens is 3. The van der Waals surface area contributed by atoms with E-state index in [9.17, 15) is 0 Å². The van der Waals surface area contributed by atoms with Gasteiger partial charge in [-0.25, -0.2) is 4.98 Å². The lowest BCUT2D eigenvalue weighted by Gasteiger charge is -2.38. The monoisotopic (exact) mass is 432 g/mol. The zero-order valence-electron chi connectivity index (χ0n) is 19.9. The van der Waals surface area contributed by atoms with Gasteiger partial charge >= 0.3 is 0 Å². The summed E-state index contributed by atoms with van der Waals surface area (Å²) in [5.74, 6) is 1.09. The fraction of sp³-hybridized carbons (Fsp3) is 0.538. The minimum absolute atomic E-state index is 0.287. The zero-order valence-corrected chi connectivity index (χ0v) is 19.9. The number of anilines is 1. The number of piperidine rings is 2. The number of aromatic amines is 1. The summed E-state index contributed by atoms with van der Waals surface area (Å²) in [4.78, 5) is 21.0. The summed E-state index contributed by atoms with van der Waals surface area (Å²) in [6.45, 7) is 4.36. The first kappa shape index (κ1) is 21.4. The molecule has 2 fully saturated rings. The summed E-state index contributed by atoms with van der Waals surface area (Å²) in [6, 6.07) is 12.1. The van der Waals surface area contributed by atoms with E-state index in [0.29, 0.717) is 12.1 Å². The molecular formula is C26H36N6. The topological polar surface area (TPSA) is 51.3 Å². The number of likely N-dealkylation sites (tertiary alicyclic amines) is 1. The van der Waals surface area contributed by atoms with Crippen LogP contribution in [0, 0.1) is 6.92 Å². The van der Waals surface area contributed by atoms with Crippen molar-refractivity contribution in [2.45, 2.75) is 57.2 Å². The number of aryl methyl sites for hydroxylation is 1. The van der Waals surface area contributed by atoms with Crippen molar-refractivity contribution in [3.63, 3.8) is 0 Å². The first-order valence-electron chi connectivity index (χ1n) is 12.1. The fourth-order valence-corrected chi connectivity index (χ4v) is 5.71. The third kappa shape index (κ3) is 3.90. The highest BCUT2D eigenvalue weighted by atomic mass is 15.2. The van der Waals surface area contributed by atoms with Crippen LogP contribution in [0.2, 0.25) is 0 Å². The molecule has 6 nitrogen and oxygen atoms in total. The number of rotatable bonds is 4. The Morgan fingerprint density at radius 3 is 2.53 bits per heavy atom. The lowest BCUT2D eigenvalue weighted by molar-refractivity contribution is 0.107. The summed E-state index contributed by atoms with van der Waals surface area (Å²) in [5.41, 5.74) is 6.03. The minimum atomic E-state index is 0.287. The number of pyridine rings is 1. The van der Waals surface area contributed by atoms with E-state index in [0.717, 1.165) is 42.8 Å². The highest BCUT2D eigenvalue weighted by Crippen LogP contribution is 2.40. The van der Waals surface area contributed by atoms with Crippen molar-refractivity contribution in [2.24, 2.45) is 0 Å². The van der Waals surface area contributed by atoms with Crippen LogP contribution in [0.3, 0.4) is 0 Å². The summed E-state index contributed by atoms with van der Waals surface area (Å²) in [7, 11) is 6.63. The zero-order chi connectivity index (χ0) is 22.2. The van der Waals surface area contributed by atoms with Crippen molar-refractivity contribution in [1.29, 1.82) is 0 Å². The van der Waals surface area contributed by atoms with Crippen LogP contribution in [0.5, 0.6) is 0 Å². The van der Waals surface area contributed by atoms with Gasteiger partial charge in [-0.3, -0.25) is 9.88 Å². The van der Waals surface area contributed by atoms with Gasteiger partial charge < -0.3 is 14.8 Å². The van der Waals surface area contributed by atoms with E-state index in [-0.39, 0.29) is 6.04 Å². The first-order valence-corrected chi connectivity index (χ1v) is 12.1. The number of benzene rings is 1. The quantitative estimate of drug-likeness (QED) is 0.648. The van der Waals surface area contributed by atoms with Crippen molar-refractivity contribution < 1.29 is 0 Å². The molecule has 2 aromatic heterocycles. The van der Waals surface area contributed by atoms with Gasteiger partial charge in [0, 0.05) is 25.3 Å². The Bertz CT molecular complexity index is 1070. The van der Waals surface area contributed by atoms with Gasteiger partial charge in [-0.2, -0.15) is 0 Å². The van der Waals surface area contributed by atoms with E-state index in [2.05, 4.69) is 72.0 Å². The number of hydrogen-bond acceptors (Lipinski definition) is 5. The standard InChI is InChI=1S/C26H36N6/c1-18-8-7-15-27-24(18)21-10-6-12-23(31(21)4)26-28-20-9-5-11-22(25(20)29-26)32-16-13-19(14-17-32)30(2)3/h5,7-9,11,15,19,21,23H,6,10,12-14,16-17H2,1-4H3,(H,28,29)/t21-,23+/m0/s1. The average Bonchev–Trinajstić information content (AvgIpc) is 3.24. The molecule has 1 aromatic carbocycles. The van der Waals surface area contributed by atoms with Crippen LogP contribution in [-0.2, 0) is 0 Å². The van der Waals surface area contributed by atoms with Gasteiger partial charge in [0.05, 0.1) is 29.0 Å². The van der Waals surface area contributed by atoms with Crippen LogP contribution in [0.25, 0.3) is 11.0 Å². The lowest BCUT2D eigenvalue weighted by atomic mass is 9.92. The Hall–Kier alpha value is -2.44. The van der Waals surface area contributed by atoms with Crippen LogP contribution in [0.1, 0.15) is 61.3 Å². The number of nitrogens with one attached hydrogen (secondary N) is 1. The molecule has 0 unspecified atom stereocenters. The third-order valence-corrected chi connectivity index (χ3v) is 7.66. The van der Waals surface area contributed by atoms with Gasteiger partial charge in [0.25, 0.3) is 0 Å². The maximum absolute atomic E-state index is 5.20. The molecule has 0 bridgehead atoms. The van der Waals surface area contributed by atoms with E-state index in [1.807, 2.05) is 12.3 Å². The van der Waals surface area contributed by atoms with E-state index in [4.69, 9.17) is 9.97 Å². The minimum Gasteiger partial charge on any atom is -0.370 e. The van der Waals surface area contributed by atoms with Crippen LogP contribution >= 0.6 is 0 Å². The van der Waals surface area contributed by atoms with Crippen LogP contribution < -0.4 is 4.90 Å². The Balaban J connectivity index is 1.42. The molecule has 2 saturated heterocycles. The molecule has 0 spiro atoms. The average molecular weight is 433 g/mol. The Kier molecular flexibility index (Phi) is 5.91. The van der Waals surface area contributed by atoms with Crippen molar-refractivity contribution in [3.05, 3.63) is 53.6 Å². The van der Waals surface area contributed by atoms with Gasteiger partial charge in [0.2, 0.25) is 0 Å². The number of H-pyrrole nitrogens is 1. The van der Waals surface area contributed by atoms with Crippen molar-refractivity contribution >= 4 is 16.7 Å². The van der Waals surface area contributed by atoms with Gasteiger partial charge in [-0.05, 0) is 83.9 Å². The second kappa shape index (κ2) is 8.83. The van der Waals surface area contributed by atoms with E-state index >= 15 is 0 Å². The Morgan fingerprint density at radius 1 is 1.00 bits per heavy atom. The number of imidazole rings is 1. The lowest BCUT2D eigenvalue weighted by Crippen LogP contribution is -2.42. The number of hydrogen-bond donors (Lipinski definition) is 1. The molecule has 1 N–H and O–H groups in total. The van der Waals surface area contributed by atoms with Gasteiger partial charge in [-0.15, -0.1) is 0 Å². The summed E-state index contributed by atoms with van der Waals surface area (Å²) >= 11 is 0. The SMILES string of the molecule is Cc1cccnc1[C@@H]1CCC[C@H](c2nc3c(N4CCC(N(C)C)CC4)cccc3[nH]2)N1C. The molecule has 0 aliphatic carbocycles. The molecule has 0 radical (unpaired) electrons. The van der Waals surface area contributed by atoms with Crippen LogP contribution in [0.4, 0.5) is 5.69 Å². The molecule has 0 amide bonds. The Labute approximate surface area is 191 Å². The Morgan fingerprint density at radius 2 is 1.78 bits per heavy atom. The number of nitrogens with zero attached hydrogens (tertiary/aromatic N) is 5. The maximum Gasteiger partial charge on any atom is 0.124 e. The molecular weight excluding hydrogens is 396 g/mol. The predicted octanol–water partition coefficient (Wildman–Crippen LogP) is 4.69. The molecule has 0 saturated carbocycles. The molecule has 4 heterocycles. The molecule has 170 valence electrons. The van der Waals surface area contributed by atoms with E-state index < -0.39 is 0 Å². The highest BCUT2D eigenvalue weighted by molar-refractivity contribution is 5.89. The number of fused-ring (bicyclic) bond motifs is 1. The second-order valence-corrected chi connectivity index (χ2v) is 9.81. The number of para-hydroxylation sites is 1. The van der Waals surface area contributed by atoms with Crippen molar-refractivity contribution in [3.8, 4) is 0 Å². The maximum atomic E-state index is 5.20. The molecule has 2 aliphatic rings. The molecule has 6 heteroatoms.